The third-order valence-corrected chi connectivity index (χ3v) is 12.8. The number of nitrogens with one attached hydrogen (secondary N) is 2. The molecule has 3 heterocycles. The van der Waals surface area contributed by atoms with Crippen LogP contribution in [-0.2, 0) is 37.0 Å². The topological polar surface area (TPSA) is 120 Å². The fraction of sp³-hybridized carbons (Fsp3) is 0.553. The molecule has 7 rings (SSSR count). The first kappa shape index (κ1) is 43.8. The molecule has 1 aliphatic carbocycles. The number of alkyl halides is 3. The largest absolute Gasteiger partial charge is 0.471 e. The Labute approximate surface area is 351 Å². The number of benzene rings is 3. The van der Waals surface area contributed by atoms with Crippen molar-refractivity contribution in [3.05, 3.63) is 95.1 Å². The number of aliphatic hydroxyl groups is 1. The number of amides is 3. The quantitative estimate of drug-likeness (QED) is 0.191. The zero-order valence-corrected chi connectivity index (χ0v) is 35.0. The number of carbonyl (C=O) groups excluding carboxylic acids is 3. The number of piperidine rings is 1. The molecule has 10 nitrogen and oxygen atoms in total. The second-order valence-electron chi connectivity index (χ2n) is 18.1. The lowest BCUT2D eigenvalue weighted by Gasteiger charge is -2.51. The highest BCUT2D eigenvalue weighted by Gasteiger charge is 2.48. The molecule has 3 aromatic carbocycles. The van der Waals surface area contributed by atoms with E-state index in [0.29, 0.717) is 29.8 Å². The summed E-state index contributed by atoms with van der Waals surface area (Å²) in [6.45, 7) is 8.67. The van der Waals surface area contributed by atoms with Crippen molar-refractivity contribution < 1.29 is 42.1 Å². The highest BCUT2D eigenvalue weighted by atomic mass is 19.4. The molecule has 3 aromatic rings. The number of nitrogens with zero attached hydrogens (tertiary/aromatic N) is 2. The standard InChI is InChI=1S/C47H59F3N4O6/c1-29-40(27-54-37-13-8-6-10-32(37)23-24-39(54)43(57)52-46(2,3)4)59-44(60-41(29)33-17-15-30(28-55)16-18-33)34-21-19-31(20-22-34)36-12-7-5-11-35(36)26-51-42(56)38-14-9-25-53(38)45(58)47(48,49)50/h5,7,11-12,15-22,29,32,37-41,44,55H,6,8-10,13-14,23-28H2,1-4H3,(H,51,56)(H,52,57)/t29-,32+,37+,38-,39+,40+,41+,44+/m0/s1. The number of likely N-dealkylation sites (tertiary alicyclic amines) is 2. The van der Waals surface area contributed by atoms with Gasteiger partial charge in [0.2, 0.25) is 11.8 Å². The monoisotopic (exact) mass is 832 g/mol. The Morgan fingerprint density at radius 1 is 0.800 bits per heavy atom. The van der Waals surface area contributed by atoms with E-state index in [1.54, 1.807) is 0 Å². The van der Waals surface area contributed by atoms with E-state index in [9.17, 15) is 32.7 Å². The molecule has 13 heteroatoms. The Balaban J connectivity index is 1.12. The van der Waals surface area contributed by atoms with Crippen LogP contribution in [0.4, 0.5) is 13.2 Å². The van der Waals surface area contributed by atoms with Gasteiger partial charge in [0, 0.05) is 42.7 Å². The smallest absolute Gasteiger partial charge is 0.392 e. The summed E-state index contributed by atoms with van der Waals surface area (Å²) in [5.74, 6) is -2.07. The molecular formula is C47H59F3N4O6. The van der Waals surface area contributed by atoms with E-state index in [2.05, 4.69) is 22.5 Å². The van der Waals surface area contributed by atoms with Gasteiger partial charge in [0.05, 0.1) is 24.9 Å². The molecule has 60 heavy (non-hydrogen) atoms. The first-order valence-electron chi connectivity index (χ1n) is 21.5. The fourth-order valence-corrected chi connectivity index (χ4v) is 9.78. The molecule has 1 saturated carbocycles. The maximum Gasteiger partial charge on any atom is 0.471 e. The van der Waals surface area contributed by atoms with Crippen LogP contribution in [0, 0.1) is 11.8 Å². The molecule has 3 amide bonds. The van der Waals surface area contributed by atoms with Gasteiger partial charge in [-0.25, -0.2) is 0 Å². The summed E-state index contributed by atoms with van der Waals surface area (Å²) in [6.07, 6.45) is 0.552. The zero-order valence-electron chi connectivity index (χ0n) is 35.0. The van der Waals surface area contributed by atoms with E-state index in [1.165, 1.54) is 12.8 Å². The molecule has 3 saturated heterocycles. The maximum absolute atomic E-state index is 13.9. The van der Waals surface area contributed by atoms with Crippen molar-refractivity contribution >= 4 is 17.7 Å². The summed E-state index contributed by atoms with van der Waals surface area (Å²) in [4.78, 5) is 42.1. The first-order valence-corrected chi connectivity index (χ1v) is 21.5. The van der Waals surface area contributed by atoms with E-state index >= 15 is 0 Å². The molecule has 3 N–H and O–H groups in total. The molecule has 8 atom stereocenters. The van der Waals surface area contributed by atoms with Gasteiger partial charge >= 0.3 is 12.1 Å². The summed E-state index contributed by atoms with van der Waals surface area (Å²) >= 11 is 0. The first-order chi connectivity index (χ1) is 28.6. The third kappa shape index (κ3) is 9.91. The van der Waals surface area contributed by atoms with Crippen molar-refractivity contribution in [1.82, 2.24) is 20.4 Å². The minimum atomic E-state index is -5.04. The molecule has 0 radical (unpaired) electrons. The number of carbonyl (C=O) groups is 3. The average molecular weight is 833 g/mol. The van der Waals surface area contributed by atoms with Crippen LogP contribution in [0.3, 0.4) is 0 Å². The lowest BCUT2D eigenvalue weighted by atomic mass is 9.75. The Bertz CT molecular complexity index is 1970. The van der Waals surface area contributed by atoms with Crippen LogP contribution in [0.5, 0.6) is 0 Å². The van der Waals surface area contributed by atoms with Crippen molar-refractivity contribution in [3.8, 4) is 11.1 Å². The summed E-state index contributed by atoms with van der Waals surface area (Å²) in [7, 11) is 0. The molecular weight excluding hydrogens is 774 g/mol. The molecule has 0 aromatic heterocycles. The van der Waals surface area contributed by atoms with Crippen LogP contribution in [0.25, 0.3) is 11.1 Å². The highest BCUT2D eigenvalue weighted by Crippen LogP contribution is 2.45. The summed E-state index contributed by atoms with van der Waals surface area (Å²) < 4.78 is 53.4. The molecule has 4 aliphatic rings. The Kier molecular flexibility index (Phi) is 13.4. The molecule has 0 bridgehead atoms. The lowest BCUT2D eigenvalue weighted by Crippen LogP contribution is -2.61. The predicted octanol–water partition coefficient (Wildman–Crippen LogP) is 7.74. The van der Waals surface area contributed by atoms with Crippen LogP contribution in [0.15, 0.2) is 72.8 Å². The van der Waals surface area contributed by atoms with E-state index < -0.39 is 30.3 Å². The number of fused-ring (bicyclic) bond motifs is 1. The van der Waals surface area contributed by atoms with Crippen LogP contribution in [-0.4, -0.2) is 81.7 Å². The SMILES string of the molecule is C[C@H]1[C@@H](CN2[C@@H](C(=O)NC(C)(C)C)CC[C@H]3CCCC[C@H]32)O[C@@H](c2ccc(-c3ccccc3CNC(=O)[C@@H]3CCCN3C(=O)C(F)(F)F)cc2)O[C@H]1c1ccc(CO)cc1. The van der Waals surface area contributed by atoms with Gasteiger partial charge in [0.1, 0.15) is 6.04 Å². The number of hydrogen-bond donors (Lipinski definition) is 3. The van der Waals surface area contributed by atoms with Gasteiger partial charge in [-0.05, 0) is 93.0 Å². The van der Waals surface area contributed by atoms with Gasteiger partial charge in [0.15, 0.2) is 6.29 Å². The normalized spacial score (nSPS) is 27.6. The Morgan fingerprint density at radius 3 is 2.20 bits per heavy atom. The number of ether oxygens (including phenoxy) is 2. The van der Waals surface area contributed by atoms with Crippen molar-refractivity contribution in [2.24, 2.45) is 11.8 Å². The number of halogens is 3. The predicted molar refractivity (Wildman–Crippen MR) is 221 cm³/mol. The van der Waals surface area contributed by atoms with Crippen LogP contribution < -0.4 is 10.6 Å². The Morgan fingerprint density at radius 2 is 1.50 bits per heavy atom. The van der Waals surface area contributed by atoms with Crippen LogP contribution >= 0.6 is 0 Å². The second kappa shape index (κ2) is 18.4. The van der Waals surface area contributed by atoms with E-state index in [-0.39, 0.29) is 61.7 Å². The minimum Gasteiger partial charge on any atom is -0.392 e. The number of rotatable bonds is 10. The van der Waals surface area contributed by atoms with Gasteiger partial charge in [-0.2, -0.15) is 13.2 Å². The molecule has 0 unspecified atom stereocenters. The fourth-order valence-electron chi connectivity index (χ4n) is 9.78. The summed E-state index contributed by atoms with van der Waals surface area (Å²) in [5.41, 5.74) is 4.71. The van der Waals surface area contributed by atoms with Gasteiger partial charge in [-0.15, -0.1) is 0 Å². The molecule has 324 valence electrons. The zero-order chi connectivity index (χ0) is 42.8. The summed E-state index contributed by atoms with van der Waals surface area (Å²) in [6, 6.07) is 22.0. The van der Waals surface area contributed by atoms with Gasteiger partial charge in [-0.1, -0.05) is 92.6 Å². The molecule has 3 aliphatic heterocycles. The summed E-state index contributed by atoms with van der Waals surface area (Å²) in [5, 5.41) is 15.8. The number of hydrogen-bond acceptors (Lipinski definition) is 7. The van der Waals surface area contributed by atoms with Gasteiger partial charge in [-0.3, -0.25) is 19.3 Å². The maximum atomic E-state index is 13.9. The van der Waals surface area contributed by atoms with Crippen molar-refractivity contribution in [1.29, 1.82) is 0 Å². The van der Waals surface area contributed by atoms with E-state index in [4.69, 9.17) is 9.47 Å². The van der Waals surface area contributed by atoms with Crippen molar-refractivity contribution in [2.75, 3.05) is 13.1 Å². The minimum absolute atomic E-state index is 0.0603. The van der Waals surface area contributed by atoms with E-state index in [0.717, 1.165) is 59.1 Å². The second-order valence-corrected chi connectivity index (χ2v) is 18.1. The third-order valence-electron chi connectivity index (χ3n) is 12.8. The number of aliphatic hydroxyl groups excluding tert-OH is 1. The van der Waals surface area contributed by atoms with E-state index in [1.807, 2.05) is 93.6 Å². The van der Waals surface area contributed by atoms with Gasteiger partial charge < -0.3 is 30.1 Å². The van der Waals surface area contributed by atoms with Crippen LogP contribution in [0.2, 0.25) is 0 Å². The lowest BCUT2D eigenvalue weighted by molar-refractivity contribution is -0.278. The van der Waals surface area contributed by atoms with Crippen molar-refractivity contribution in [2.45, 2.75) is 141 Å². The van der Waals surface area contributed by atoms with Crippen LogP contribution in [0.1, 0.15) is 114 Å². The van der Waals surface area contributed by atoms with Crippen molar-refractivity contribution in [3.63, 3.8) is 0 Å². The highest BCUT2D eigenvalue weighted by molar-refractivity contribution is 5.90. The molecule has 4 fully saturated rings. The Hall–Kier alpha value is -4.30. The molecule has 0 spiro atoms. The van der Waals surface area contributed by atoms with Gasteiger partial charge in [0.25, 0.3) is 0 Å². The average Bonchev–Trinajstić information content (AvgIpc) is 3.73.